The highest BCUT2D eigenvalue weighted by molar-refractivity contribution is 6.00. The third-order valence-corrected chi connectivity index (χ3v) is 4.67. The Kier molecular flexibility index (Phi) is 7.34. The summed E-state index contributed by atoms with van der Waals surface area (Å²) >= 11 is 0. The molecule has 5 heteroatoms. The van der Waals surface area contributed by atoms with Crippen molar-refractivity contribution in [3.63, 3.8) is 0 Å². The lowest BCUT2D eigenvalue weighted by molar-refractivity contribution is 0.0953. The first-order valence-electron chi connectivity index (χ1n) is 9.85. The molecule has 2 amide bonds. The molecule has 150 valence electrons. The first-order chi connectivity index (χ1) is 14.7. The predicted molar refractivity (Wildman–Crippen MR) is 116 cm³/mol. The molecule has 0 saturated heterocycles. The van der Waals surface area contributed by atoms with E-state index in [-0.39, 0.29) is 17.4 Å². The fraction of sp³-hybridized carbons (Fsp3) is 0.160. The molecule has 5 nitrogen and oxygen atoms in total. The lowest BCUT2D eigenvalue weighted by Crippen LogP contribution is -2.28. The van der Waals surface area contributed by atoms with E-state index < -0.39 is 0 Å². The summed E-state index contributed by atoms with van der Waals surface area (Å²) in [6.45, 7) is 0.941. The largest absolute Gasteiger partial charge is 0.352 e. The van der Waals surface area contributed by atoms with Crippen LogP contribution >= 0.6 is 0 Å². The van der Waals surface area contributed by atoms with E-state index in [9.17, 15) is 14.9 Å². The number of rotatable bonds is 8. The Morgan fingerprint density at radius 1 is 0.700 bits per heavy atom. The van der Waals surface area contributed by atoms with Gasteiger partial charge in [0.15, 0.2) is 0 Å². The number of amides is 2. The number of hydrogen-bond donors (Lipinski definition) is 2. The molecule has 0 aliphatic carbocycles. The molecule has 0 atom stereocenters. The Labute approximate surface area is 176 Å². The van der Waals surface area contributed by atoms with Gasteiger partial charge in [-0.2, -0.15) is 5.26 Å². The Bertz CT molecular complexity index is 965. The van der Waals surface area contributed by atoms with E-state index >= 15 is 0 Å². The second-order valence-electron chi connectivity index (χ2n) is 6.89. The first kappa shape index (κ1) is 20.8. The highest BCUT2D eigenvalue weighted by Gasteiger charge is 2.13. The highest BCUT2D eigenvalue weighted by Crippen LogP contribution is 2.11. The van der Waals surface area contributed by atoms with Crippen LogP contribution in [0.15, 0.2) is 78.9 Å². The van der Waals surface area contributed by atoms with E-state index in [1.807, 2.05) is 66.7 Å². The Balaban J connectivity index is 1.60. The van der Waals surface area contributed by atoms with E-state index in [2.05, 4.69) is 10.6 Å². The maximum atomic E-state index is 12.5. The number of nitrogens with one attached hydrogen (secondary N) is 2. The van der Waals surface area contributed by atoms with E-state index in [0.29, 0.717) is 37.1 Å². The molecule has 0 bridgehead atoms. The third-order valence-electron chi connectivity index (χ3n) is 4.67. The molecular formula is C25H23N3O2. The zero-order valence-electron chi connectivity index (χ0n) is 16.6. The average Bonchev–Trinajstić information content (AvgIpc) is 2.80. The van der Waals surface area contributed by atoms with Crippen LogP contribution in [0, 0.1) is 11.3 Å². The SMILES string of the molecule is N#Cc1cc(C(=O)NCCc2ccccc2)cc(C(=O)NCCc2ccccc2)c1. The molecule has 0 radical (unpaired) electrons. The van der Waals surface area contributed by atoms with Crippen molar-refractivity contribution in [1.29, 1.82) is 5.26 Å². The number of benzene rings is 3. The maximum Gasteiger partial charge on any atom is 0.251 e. The molecule has 3 rings (SSSR count). The van der Waals surface area contributed by atoms with Crippen molar-refractivity contribution in [2.24, 2.45) is 0 Å². The zero-order chi connectivity index (χ0) is 21.2. The number of carbonyl (C=O) groups is 2. The van der Waals surface area contributed by atoms with E-state index in [0.717, 1.165) is 11.1 Å². The highest BCUT2D eigenvalue weighted by atomic mass is 16.2. The van der Waals surface area contributed by atoms with Crippen molar-refractivity contribution in [1.82, 2.24) is 10.6 Å². The maximum absolute atomic E-state index is 12.5. The van der Waals surface area contributed by atoms with Crippen LogP contribution in [-0.2, 0) is 12.8 Å². The van der Waals surface area contributed by atoms with E-state index in [1.165, 1.54) is 18.2 Å². The fourth-order valence-corrected chi connectivity index (χ4v) is 3.09. The summed E-state index contributed by atoms with van der Waals surface area (Å²) in [5.41, 5.74) is 3.13. The summed E-state index contributed by atoms with van der Waals surface area (Å²) in [5.74, 6) is -0.609. The van der Waals surface area contributed by atoms with Crippen molar-refractivity contribution in [2.45, 2.75) is 12.8 Å². The van der Waals surface area contributed by atoms with Gasteiger partial charge in [0.2, 0.25) is 0 Å². The van der Waals surface area contributed by atoms with Crippen LogP contribution in [0.5, 0.6) is 0 Å². The van der Waals surface area contributed by atoms with Gasteiger partial charge < -0.3 is 10.6 Å². The fourth-order valence-electron chi connectivity index (χ4n) is 3.09. The van der Waals surface area contributed by atoms with Crippen LogP contribution in [-0.4, -0.2) is 24.9 Å². The van der Waals surface area contributed by atoms with Crippen molar-refractivity contribution in [2.75, 3.05) is 13.1 Å². The van der Waals surface area contributed by atoms with Crippen LogP contribution in [0.25, 0.3) is 0 Å². The van der Waals surface area contributed by atoms with Gasteiger partial charge in [-0.25, -0.2) is 0 Å². The normalized spacial score (nSPS) is 10.1. The Morgan fingerprint density at radius 3 is 1.53 bits per heavy atom. The van der Waals surface area contributed by atoms with Crippen LogP contribution in [0.4, 0.5) is 0 Å². The monoisotopic (exact) mass is 397 g/mol. The number of carbonyl (C=O) groups excluding carboxylic acids is 2. The quantitative estimate of drug-likeness (QED) is 0.610. The van der Waals surface area contributed by atoms with Gasteiger partial charge in [-0.3, -0.25) is 9.59 Å². The number of nitriles is 1. The zero-order valence-corrected chi connectivity index (χ0v) is 16.6. The van der Waals surface area contributed by atoms with Crippen LogP contribution in [0.2, 0.25) is 0 Å². The summed E-state index contributed by atoms with van der Waals surface area (Å²) in [6, 6.07) is 26.3. The summed E-state index contributed by atoms with van der Waals surface area (Å²) in [4.78, 5) is 25.0. The smallest absolute Gasteiger partial charge is 0.251 e. The minimum Gasteiger partial charge on any atom is -0.352 e. The third kappa shape index (κ3) is 6.05. The Morgan fingerprint density at radius 2 is 1.13 bits per heavy atom. The molecule has 2 N–H and O–H groups in total. The average molecular weight is 397 g/mol. The molecule has 0 aromatic heterocycles. The second kappa shape index (κ2) is 10.6. The lowest BCUT2D eigenvalue weighted by Gasteiger charge is -2.09. The number of hydrogen-bond acceptors (Lipinski definition) is 3. The molecule has 0 unspecified atom stereocenters. The molecular weight excluding hydrogens is 374 g/mol. The van der Waals surface area contributed by atoms with E-state index in [4.69, 9.17) is 0 Å². The molecule has 0 aliphatic rings. The van der Waals surface area contributed by atoms with Gasteiger partial charge in [0, 0.05) is 24.2 Å². The molecule has 0 fully saturated rings. The van der Waals surface area contributed by atoms with Gasteiger partial charge in [0.25, 0.3) is 11.8 Å². The standard InChI is InChI=1S/C25H23N3O2/c26-18-21-15-22(24(29)27-13-11-19-7-3-1-4-8-19)17-23(16-21)25(30)28-14-12-20-9-5-2-6-10-20/h1-10,15-17H,11-14H2,(H,27,29)(H,28,30). The molecule has 0 heterocycles. The molecule has 3 aromatic carbocycles. The minimum absolute atomic E-state index is 0.277. The summed E-state index contributed by atoms with van der Waals surface area (Å²) < 4.78 is 0. The molecule has 3 aromatic rings. The van der Waals surface area contributed by atoms with Gasteiger partial charge in [0.05, 0.1) is 11.6 Å². The first-order valence-corrected chi connectivity index (χ1v) is 9.85. The topological polar surface area (TPSA) is 82.0 Å². The summed E-state index contributed by atoms with van der Waals surface area (Å²) in [6.07, 6.45) is 1.41. The van der Waals surface area contributed by atoms with Gasteiger partial charge in [-0.1, -0.05) is 60.7 Å². The van der Waals surface area contributed by atoms with Crippen molar-refractivity contribution in [3.05, 3.63) is 107 Å². The van der Waals surface area contributed by atoms with Crippen molar-refractivity contribution >= 4 is 11.8 Å². The number of nitrogens with zero attached hydrogens (tertiary/aromatic N) is 1. The molecule has 0 saturated carbocycles. The van der Waals surface area contributed by atoms with Crippen molar-refractivity contribution < 1.29 is 9.59 Å². The Hall–Kier alpha value is -3.91. The molecule has 0 aliphatic heterocycles. The molecule has 0 spiro atoms. The van der Waals surface area contributed by atoms with Gasteiger partial charge in [-0.05, 0) is 42.2 Å². The minimum atomic E-state index is -0.304. The van der Waals surface area contributed by atoms with Crippen LogP contribution in [0.1, 0.15) is 37.4 Å². The van der Waals surface area contributed by atoms with Crippen molar-refractivity contribution in [3.8, 4) is 6.07 Å². The van der Waals surface area contributed by atoms with Gasteiger partial charge in [-0.15, -0.1) is 0 Å². The van der Waals surface area contributed by atoms with Crippen LogP contribution < -0.4 is 10.6 Å². The van der Waals surface area contributed by atoms with Crippen LogP contribution in [0.3, 0.4) is 0 Å². The second-order valence-corrected chi connectivity index (χ2v) is 6.89. The van der Waals surface area contributed by atoms with Gasteiger partial charge in [0.1, 0.15) is 0 Å². The summed E-state index contributed by atoms with van der Waals surface area (Å²) in [5, 5.41) is 15.0. The lowest BCUT2D eigenvalue weighted by atomic mass is 10.0. The van der Waals surface area contributed by atoms with E-state index in [1.54, 1.807) is 0 Å². The predicted octanol–water partition coefficient (Wildman–Crippen LogP) is 3.50. The summed E-state index contributed by atoms with van der Waals surface area (Å²) in [7, 11) is 0. The molecule has 30 heavy (non-hydrogen) atoms. The van der Waals surface area contributed by atoms with Gasteiger partial charge >= 0.3 is 0 Å².